The Balaban J connectivity index is 3.35. The average molecular weight is 349 g/mol. The van der Waals surface area contributed by atoms with Crippen LogP contribution in [0.2, 0.25) is 5.02 Å². The summed E-state index contributed by atoms with van der Waals surface area (Å²) < 4.78 is 32.0. The smallest absolute Gasteiger partial charge is 0.354 e. The number of hydrogen-bond acceptors (Lipinski definition) is 7. The first-order valence-corrected chi connectivity index (χ1v) is 7.58. The summed E-state index contributed by atoms with van der Waals surface area (Å²) in [6, 6.07) is 3.71. The summed E-state index contributed by atoms with van der Waals surface area (Å²) in [6.45, 7) is 0. The lowest BCUT2D eigenvalue weighted by atomic mass is 10.3. The Morgan fingerprint density at radius 2 is 1.91 bits per heavy atom. The van der Waals surface area contributed by atoms with Gasteiger partial charge in [0.2, 0.25) is 10.0 Å². The lowest BCUT2D eigenvalue weighted by Crippen LogP contribution is -2.19. The Kier molecular flexibility index (Phi) is 5.92. The first-order chi connectivity index (χ1) is 10.2. The molecule has 0 atom stereocenters. The molecule has 0 radical (unpaired) electrons. The standard InChI is InChI=1S/C12H13ClN2O6S/c1-20-11(16)6-9(12(17)21-2)15-8-5-7(13)3-4-10(8)22(14,18)19/h3-6,15H,1-2H3,(H2,14,18,19)/b9-6-. The molecule has 1 aromatic carbocycles. The summed E-state index contributed by atoms with van der Waals surface area (Å²) in [5.41, 5.74) is -0.433. The maximum absolute atomic E-state index is 11.6. The highest BCUT2D eigenvalue weighted by molar-refractivity contribution is 7.89. The zero-order valence-electron chi connectivity index (χ0n) is 11.6. The number of nitrogens with two attached hydrogens (primary N) is 1. The summed E-state index contributed by atoms with van der Waals surface area (Å²) in [6.07, 6.45) is 0.805. The molecular weight excluding hydrogens is 336 g/mol. The van der Waals surface area contributed by atoms with Crippen LogP contribution in [-0.4, -0.2) is 34.6 Å². The van der Waals surface area contributed by atoms with Crippen LogP contribution >= 0.6 is 11.6 Å². The Bertz CT molecular complexity index is 729. The average Bonchev–Trinajstić information content (AvgIpc) is 2.44. The molecule has 22 heavy (non-hydrogen) atoms. The van der Waals surface area contributed by atoms with Crippen molar-refractivity contribution in [3.05, 3.63) is 35.0 Å². The third-order valence-corrected chi connectivity index (χ3v) is 3.59. The topological polar surface area (TPSA) is 125 Å². The molecular formula is C12H13ClN2O6S. The van der Waals surface area contributed by atoms with Gasteiger partial charge in [-0.2, -0.15) is 0 Å². The molecule has 120 valence electrons. The minimum absolute atomic E-state index is 0.0875. The fraction of sp³-hybridized carbons (Fsp3) is 0.167. The van der Waals surface area contributed by atoms with Crippen molar-refractivity contribution in [1.29, 1.82) is 0 Å². The van der Waals surface area contributed by atoms with Crippen molar-refractivity contribution in [1.82, 2.24) is 0 Å². The van der Waals surface area contributed by atoms with Gasteiger partial charge < -0.3 is 14.8 Å². The van der Waals surface area contributed by atoms with Gasteiger partial charge in [0.1, 0.15) is 10.6 Å². The minimum Gasteiger partial charge on any atom is -0.466 e. The van der Waals surface area contributed by atoms with Crippen molar-refractivity contribution in [2.24, 2.45) is 5.14 Å². The maximum atomic E-state index is 11.6. The highest BCUT2D eigenvalue weighted by Crippen LogP contribution is 2.25. The SMILES string of the molecule is COC(=O)/C=C(\Nc1cc(Cl)ccc1S(N)(=O)=O)C(=O)OC. The molecule has 0 aliphatic carbocycles. The minimum atomic E-state index is -4.08. The van der Waals surface area contributed by atoms with E-state index in [0.717, 1.165) is 26.4 Å². The van der Waals surface area contributed by atoms with Crippen LogP contribution in [0.1, 0.15) is 0 Å². The molecule has 0 saturated heterocycles. The lowest BCUT2D eigenvalue weighted by Gasteiger charge is -2.12. The molecule has 0 aromatic heterocycles. The van der Waals surface area contributed by atoms with Crippen molar-refractivity contribution in [3.8, 4) is 0 Å². The molecule has 10 heteroatoms. The van der Waals surface area contributed by atoms with Crippen LogP contribution in [0.5, 0.6) is 0 Å². The van der Waals surface area contributed by atoms with Crippen molar-refractivity contribution >= 4 is 39.3 Å². The van der Waals surface area contributed by atoms with Gasteiger partial charge in [-0.15, -0.1) is 0 Å². The predicted molar refractivity (Wildman–Crippen MR) is 78.6 cm³/mol. The highest BCUT2D eigenvalue weighted by atomic mass is 35.5. The van der Waals surface area contributed by atoms with Crippen LogP contribution in [0.4, 0.5) is 5.69 Å². The van der Waals surface area contributed by atoms with E-state index >= 15 is 0 Å². The molecule has 0 aliphatic heterocycles. The van der Waals surface area contributed by atoms with E-state index in [2.05, 4.69) is 14.8 Å². The van der Waals surface area contributed by atoms with Crippen LogP contribution in [0.25, 0.3) is 0 Å². The lowest BCUT2D eigenvalue weighted by molar-refractivity contribution is -0.138. The van der Waals surface area contributed by atoms with Crippen LogP contribution in [0, 0.1) is 0 Å². The molecule has 8 nitrogen and oxygen atoms in total. The number of carbonyl (C=O) groups is 2. The van der Waals surface area contributed by atoms with Gasteiger partial charge in [0.15, 0.2) is 0 Å². The van der Waals surface area contributed by atoms with Crippen molar-refractivity contribution in [2.45, 2.75) is 4.90 Å². The molecule has 1 aromatic rings. The normalized spacial score (nSPS) is 11.7. The molecule has 0 unspecified atom stereocenters. The number of hydrogen-bond donors (Lipinski definition) is 2. The number of primary sulfonamides is 1. The second-order valence-corrected chi connectivity index (χ2v) is 5.85. The van der Waals surface area contributed by atoms with Crippen molar-refractivity contribution in [3.63, 3.8) is 0 Å². The van der Waals surface area contributed by atoms with E-state index < -0.39 is 22.0 Å². The highest BCUT2D eigenvalue weighted by Gasteiger charge is 2.19. The third kappa shape index (κ3) is 4.72. The Morgan fingerprint density at radius 3 is 2.41 bits per heavy atom. The number of carbonyl (C=O) groups excluding carboxylic acids is 2. The number of esters is 2. The molecule has 0 bridgehead atoms. The molecule has 0 aliphatic rings. The van der Waals surface area contributed by atoms with Gasteiger partial charge in [-0.1, -0.05) is 11.6 Å². The van der Waals surface area contributed by atoms with E-state index in [4.69, 9.17) is 16.7 Å². The number of rotatable bonds is 5. The molecule has 0 fully saturated rings. The summed E-state index contributed by atoms with van der Waals surface area (Å²) in [4.78, 5) is 22.6. The van der Waals surface area contributed by atoms with Crippen LogP contribution in [-0.2, 0) is 29.1 Å². The molecule has 0 spiro atoms. The molecule has 0 amide bonds. The summed E-state index contributed by atoms with van der Waals surface area (Å²) in [5.74, 6) is -1.75. The number of methoxy groups -OCH3 is 2. The van der Waals surface area contributed by atoms with Gasteiger partial charge in [0.25, 0.3) is 0 Å². The van der Waals surface area contributed by atoms with Crippen LogP contribution < -0.4 is 10.5 Å². The first kappa shape index (κ1) is 18.0. The number of benzene rings is 1. The van der Waals surface area contributed by atoms with Gasteiger partial charge in [0.05, 0.1) is 26.0 Å². The second-order valence-electron chi connectivity index (χ2n) is 3.88. The van der Waals surface area contributed by atoms with Gasteiger partial charge in [-0.25, -0.2) is 23.1 Å². The fourth-order valence-corrected chi connectivity index (χ4v) is 2.27. The Labute approximate surface area is 131 Å². The van der Waals surface area contributed by atoms with Gasteiger partial charge in [-0.3, -0.25) is 0 Å². The van der Waals surface area contributed by atoms with E-state index in [9.17, 15) is 18.0 Å². The van der Waals surface area contributed by atoms with Crippen molar-refractivity contribution < 1.29 is 27.5 Å². The van der Waals surface area contributed by atoms with Gasteiger partial charge >= 0.3 is 11.9 Å². The number of ether oxygens (including phenoxy) is 2. The van der Waals surface area contributed by atoms with Gasteiger partial charge in [-0.05, 0) is 18.2 Å². The number of nitrogens with one attached hydrogen (secondary N) is 1. The van der Waals surface area contributed by atoms with E-state index in [1.165, 1.54) is 12.1 Å². The Hall–Kier alpha value is -2.10. The van der Waals surface area contributed by atoms with E-state index in [0.29, 0.717) is 0 Å². The summed E-state index contributed by atoms with van der Waals surface area (Å²) in [7, 11) is -1.87. The largest absolute Gasteiger partial charge is 0.466 e. The summed E-state index contributed by atoms with van der Waals surface area (Å²) >= 11 is 5.79. The quantitative estimate of drug-likeness (QED) is 0.590. The van der Waals surface area contributed by atoms with Crippen LogP contribution in [0.3, 0.4) is 0 Å². The fourth-order valence-electron chi connectivity index (χ4n) is 1.43. The van der Waals surface area contributed by atoms with Gasteiger partial charge in [0, 0.05) is 5.02 Å². The molecule has 0 heterocycles. The number of halogens is 1. The number of sulfonamides is 1. The summed E-state index contributed by atoms with van der Waals surface area (Å²) in [5, 5.41) is 7.73. The second kappa shape index (κ2) is 7.25. The molecule has 3 N–H and O–H groups in total. The van der Waals surface area contributed by atoms with Crippen LogP contribution in [0.15, 0.2) is 34.9 Å². The number of anilines is 1. The zero-order valence-corrected chi connectivity index (χ0v) is 13.2. The van der Waals surface area contributed by atoms with E-state index in [1.807, 2.05) is 0 Å². The predicted octanol–water partition coefficient (Wildman–Crippen LogP) is 0.629. The molecule has 1 rings (SSSR count). The van der Waals surface area contributed by atoms with Crippen molar-refractivity contribution in [2.75, 3.05) is 19.5 Å². The Morgan fingerprint density at radius 1 is 1.27 bits per heavy atom. The molecule has 0 saturated carbocycles. The first-order valence-electron chi connectivity index (χ1n) is 5.66. The zero-order chi connectivity index (χ0) is 16.9. The monoisotopic (exact) mass is 348 g/mol. The van der Waals surface area contributed by atoms with E-state index in [1.54, 1.807) is 0 Å². The maximum Gasteiger partial charge on any atom is 0.354 e. The third-order valence-electron chi connectivity index (χ3n) is 2.39. The van der Waals surface area contributed by atoms with E-state index in [-0.39, 0.29) is 21.3 Å².